The maximum Gasteiger partial charge on any atom is 0.322 e. The van der Waals surface area contributed by atoms with Gasteiger partial charge < -0.3 is 5.32 Å². The van der Waals surface area contributed by atoms with Gasteiger partial charge in [-0.05, 0) is 19.3 Å². The molecule has 0 atom stereocenters. The largest absolute Gasteiger partial charge is 0.338 e. The molecule has 4 heteroatoms. The molecule has 16 heavy (non-hydrogen) atoms. The molecule has 0 saturated carbocycles. The van der Waals surface area contributed by atoms with Gasteiger partial charge in [0.25, 0.3) is 0 Å². The van der Waals surface area contributed by atoms with Crippen LogP contribution in [0.1, 0.15) is 51.9 Å². The minimum Gasteiger partial charge on any atom is -0.338 e. The Hall–Kier alpha value is -1.06. The highest BCUT2D eigenvalue weighted by Gasteiger charge is 2.20. The van der Waals surface area contributed by atoms with E-state index < -0.39 is 0 Å². The van der Waals surface area contributed by atoms with Gasteiger partial charge in [0.15, 0.2) is 0 Å². The van der Waals surface area contributed by atoms with Crippen molar-refractivity contribution in [2.24, 2.45) is 0 Å². The molecule has 1 fully saturated rings. The van der Waals surface area contributed by atoms with E-state index in [1.165, 1.54) is 19.3 Å². The third-order valence-corrected chi connectivity index (χ3v) is 2.92. The van der Waals surface area contributed by atoms with E-state index in [0.717, 1.165) is 32.2 Å². The van der Waals surface area contributed by atoms with Gasteiger partial charge in [0.1, 0.15) is 5.84 Å². The normalized spacial score (nSPS) is 16.3. The molecule has 1 aliphatic heterocycles. The maximum absolute atomic E-state index is 11.7. The lowest BCUT2D eigenvalue weighted by Crippen LogP contribution is -2.46. The number of carbonyl (C=O) groups is 1. The monoisotopic (exact) mass is 225 g/mol. The highest BCUT2D eigenvalue weighted by molar-refractivity contribution is 5.96. The molecule has 0 aromatic rings. The smallest absolute Gasteiger partial charge is 0.322 e. The Kier molecular flexibility index (Phi) is 5.90. The van der Waals surface area contributed by atoms with Crippen molar-refractivity contribution in [3.05, 3.63) is 0 Å². The Labute approximate surface area is 97.9 Å². The van der Waals surface area contributed by atoms with Gasteiger partial charge in [-0.3, -0.25) is 10.3 Å². The van der Waals surface area contributed by atoms with E-state index in [2.05, 4.69) is 12.2 Å². The summed E-state index contributed by atoms with van der Waals surface area (Å²) in [5, 5.41) is 10.6. The molecule has 92 valence electrons. The summed E-state index contributed by atoms with van der Waals surface area (Å²) in [7, 11) is 0. The fraction of sp³-hybridized carbons (Fsp3) is 0.833. The fourth-order valence-corrected chi connectivity index (χ4v) is 1.90. The van der Waals surface area contributed by atoms with Gasteiger partial charge in [0.05, 0.1) is 0 Å². The van der Waals surface area contributed by atoms with Crippen LogP contribution in [0.15, 0.2) is 0 Å². The molecule has 1 saturated heterocycles. The van der Waals surface area contributed by atoms with Gasteiger partial charge in [-0.25, -0.2) is 4.79 Å². The first kappa shape index (κ1) is 13.0. The molecule has 0 aromatic heterocycles. The van der Waals surface area contributed by atoms with Crippen LogP contribution in [0.2, 0.25) is 0 Å². The zero-order chi connectivity index (χ0) is 11.8. The van der Waals surface area contributed by atoms with Crippen molar-refractivity contribution in [2.45, 2.75) is 51.9 Å². The Balaban J connectivity index is 2.16. The van der Waals surface area contributed by atoms with E-state index in [0.29, 0.717) is 12.4 Å². The van der Waals surface area contributed by atoms with Crippen molar-refractivity contribution in [3.8, 4) is 0 Å². The molecule has 1 aliphatic rings. The molecule has 1 rings (SSSR count). The first-order chi connectivity index (χ1) is 7.75. The minimum atomic E-state index is -0.0822. The van der Waals surface area contributed by atoms with E-state index in [4.69, 9.17) is 5.41 Å². The van der Waals surface area contributed by atoms with Crippen LogP contribution in [0, 0.1) is 5.41 Å². The summed E-state index contributed by atoms with van der Waals surface area (Å²) in [6.45, 7) is 3.62. The molecular weight excluding hydrogens is 202 g/mol. The number of likely N-dealkylation sites (tertiary alicyclic amines) is 1. The summed E-state index contributed by atoms with van der Waals surface area (Å²) >= 11 is 0. The Bertz CT molecular complexity index is 240. The van der Waals surface area contributed by atoms with Crippen LogP contribution in [0.4, 0.5) is 4.79 Å². The zero-order valence-electron chi connectivity index (χ0n) is 10.2. The van der Waals surface area contributed by atoms with Crippen molar-refractivity contribution in [3.63, 3.8) is 0 Å². The Morgan fingerprint density at radius 1 is 1.38 bits per heavy atom. The quantitative estimate of drug-likeness (QED) is 0.694. The van der Waals surface area contributed by atoms with Crippen LogP contribution in [-0.2, 0) is 0 Å². The van der Waals surface area contributed by atoms with E-state index >= 15 is 0 Å². The summed E-state index contributed by atoms with van der Waals surface area (Å²) < 4.78 is 0. The predicted octanol–water partition coefficient (Wildman–Crippen LogP) is 2.74. The standard InChI is InChI=1S/C12H23N3O/c1-2-3-4-6-9-14-12(16)15-10-7-5-8-11(15)13/h13H,2-10H2,1H3,(H,14,16). The first-order valence-corrected chi connectivity index (χ1v) is 6.38. The van der Waals surface area contributed by atoms with Gasteiger partial charge in [-0.15, -0.1) is 0 Å². The van der Waals surface area contributed by atoms with E-state index in [1.807, 2.05) is 0 Å². The number of rotatable bonds is 5. The Morgan fingerprint density at radius 3 is 2.88 bits per heavy atom. The Morgan fingerprint density at radius 2 is 2.19 bits per heavy atom. The summed E-state index contributed by atoms with van der Waals surface area (Å²) in [5.74, 6) is 0.470. The van der Waals surface area contributed by atoms with Crippen molar-refractivity contribution < 1.29 is 4.79 Å². The van der Waals surface area contributed by atoms with Crippen LogP contribution < -0.4 is 5.32 Å². The highest BCUT2D eigenvalue weighted by Crippen LogP contribution is 2.10. The lowest BCUT2D eigenvalue weighted by atomic mass is 10.1. The second-order valence-corrected chi connectivity index (χ2v) is 4.35. The summed E-state index contributed by atoms with van der Waals surface area (Å²) in [6, 6.07) is -0.0822. The molecule has 4 nitrogen and oxygen atoms in total. The number of hydrogen-bond donors (Lipinski definition) is 2. The molecule has 1 heterocycles. The maximum atomic E-state index is 11.7. The third kappa shape index (κ3) is 4.21. The topological polar surface area (TPSA) is 56.2 Å². The van der Waals surface area contributed by atoms with Gasteiger partial charge in [-0.1, -0.05) is 26.2 Å². The number of amidine groups is 1. The number of nitrogens with zero attached hydrogens (tertiary/aromatic N) is 1. The SMILES string of the molecule is CCCCCCNC(=O)N1CCCCC1=N. The number of urea groups is 1. The van der Waals surface area contributed by atoms with Crippen LogP contribution in [-0.4, -0.2) is 29.9 Å². The number of amides is 2. The first-order valence-electron chi connectivity index (χ1n) is 6.38. The van der Waals surface area contributed by atoms with Crippen LogP contribution >= 0.6 is 0 Å². The number of hydrogen-bond acceptors (Lipinski definition) is 2. The molecule has 2 N–H and O–H groups in total. The molecule has 0 unspecified atom stereocenters. The summed E-state index contributed by atoms with van der Waals surface area (Å²) in [5.41, 5.74) is 0. The molecule has 0 aliphatic carbocycles. The van der Waals surface area contributed by atoms with Crippen LogP contribution in [0.5, 0.6) is 0 Å². The molecule has 0 aromatic carbocycles. The average Bonchev–Trinajstić information content (AvgIpc) is 2.29. The third-order valence-electron chi connectivity index (χ3n) is 2.92. The number of carbonyl (C=O) groups excluding carboxylic acids is 1. The number of piperidine rings is 1. The molecule has 0 spiro atoms. The number of unbranched alkanes of at least 4 members (excludes halogenated alkanes) is 3. The van der Waals surface area contributed by atoms with Crippen molar-refractivity contribution in [2.75, 3.05) is 13.1 Å². The van der Waals surface area contributed by atoms with E-state index in [9.17, 15) is 4.79 Å². The van der Waals surface area contributed by atoms with Crippen molar-refractivity contribution in [1.82, 2.24) is 10.2 Å². The van der Waals surface area contributed by atoms with Gasteiger partial charge >= 0.3 is 6.03 Å². The van der Waals surface area contributed by atoms with Crippen molar-refractivity contribution in [1.29, 1.82) is 5.41 Å². The van der Waals surface area contributed by atoms with Gasteiger partial charge in [-0.2, -0.15) is 0 Å². The zero-order valence-corrected chi connectivity index (χ0v) is 10.2. The van der Waals surface area contributed by atoms with Crippen molar-refractivity contribution >= 4 is 11.9 Å². The lowest BCUT2D eigenvalue weighted by Gasteiger charge is -2.27. The highest BCUT2D eigenvalue weighted by atomic mass is 16.2. The fourth-order valence-electron chi connectivity index (χ4n) is 1.90. The average molecular weight is 225 g/mol. The summed E-state index contributed by atoms with van der Waals surface area (Å²) in [6.07, 6.45) is 7.46. The minimum absolute atomic E-state index is 0.0822. The summed E-state index contributed by atoms with van der Waals surface area (Å²) in [4.78, 5) is 13.3. The van der Waals surface area contributed by atoms with Gasteiger partial charge in [0, 0.05) is 19.5 Å². The van der Waals surface area contributed by atoms with Crippen LogP contribution in [0.3, 0.4) is 0 Å². The second kappa shape index (κ2) is 7.25. The predicted molar refractivity (Wildman–Crippen MR) is 65.8 cm³/mol. The molecule has 0 radical (unpaired) electrons. The molecule has 0 bridgehead atoms. The van der Waals surface area contributed by atoms with E-state index in [1.54, 1.807) is 4.90 Å². The second-order valence-electron chi connectivity index (χ2n) is 4.35. The number of nitrogens with one attached hydrogen (secondary N) is 2. The lowest BCUT2D eigenvalue weighted by molar-refractivity contribution is 0.216. The van der Waals surface area contributed by atoms with E-state index in [-0.39, 0.29) is 6.03 Å². The van der Waals surface area contributed by atoms with Gasteiger partial charge in [0.2, 0.25) is 0 Å². The molecule has 2 amide bonds. The van der Waals surface area contributed by atoms with Crippen LogP contribution in [0.25, 0.3) is 0 Å². The molecular formula is C12H23N3O.